The third kappa shape index (κ3) is 15.6. The maximum absolute atomic E-state index is 14.4. The standard InChI is InChI=1S/C50H70N4O13/c1-8-9-24-37(51-6)47(60)66-41(30-35-20-12-10-13-21-35)44(56)53-27-18-16-25-38(53)48(61)64-33(4)43(55)52(7)40(29-32(2)3)50(63)67-42(31-36-22-14-11-15-23-36)45(57)54-28-19-17-26-39(54)49(62)65-34(5)46(58)59/h10-15,20-23,32-34,37-42,51H,8-9,16-19,24-31H2,1-7H3,(H,58,59)/t33-,34-,37+,38+,39+,40+,41-,42-/m1/s1. The number of nitrogens with zero attached hydrogens (tertiary/aromatic N) is 3. The summed E-state index contributed by atoms with van der Waals surface area (Å²) in [6.45, 7) is 8.63. The van der Waals surface area contributed by atoms with E-state index in [1.807, 2.05) is 51.1 Å². The molecule has 2 aromatic carbocycles. The van der Waals surface area contributed by atoms with Crippen molar-refractivity contribution < 1.29 is 62.4 Å². The number of benzene rings is 2. The lowest BCUT2D eigenvalue weighted by atomic mass is 9.99. The van der Waals surface area contributed by atoms with Crippen LogP contribution < -0.4 is 5.32 Å². The number of nitrogens with one attached hydrogen (secondary N) is 1. The van der Waals surface area contributed by atoms with Crippen LogP contribution in [0.1, 0.15) is 110 Å². The zero-order valence-corrected chi connectivity index (χ0v) is 40.1. The van der Waals surface area contributed by atoms with Gasteiger partial charge in [0.1, 0.15) is 24.2 Å². The minimum absolute atomic E-state index is 0.0633. The smallest absolute Gasteiger partial charge is 0.344 e. The summed E-state index contributed by atoms with van der Waals surface area (Å²) in [7, 11) is 3.04. The van der Waals surface area contributed by atoms with Gasteiger partial charge < -0.3 is 44.1 Å². The first kappa shape index (κ1) is 53.8. The first-order valence-corrected chi connectivity index (χ1v) is 23.6. The number of carboxylic acid groups (broad SMARTS) is 1. The van der Waals surface area contributed by atoms with Crippen LogP contribution in [0.3, 0.4) is 0 Å². The fourth-order valence-electron chi connectivity index (χ4n) is 8.40. The number of amides is 3. The van der Waals surface area contributed by atoms with Gasteiger partial charge in [-0.25, -0.2) is 19.2 Å². The number of carbonyl (C=O) groups is 8. The summed E-state index contributed by atoms with van der Waals surface area (Å²) in [5, 5.41) is 12.3. The minimum atomic E-state index is -1.44. The lowest BCUT2D eigenvalue weighted by molar-refractivity contribution is -0.176. The molecule has 368 valence electrons. The lowest BCUT2D eigenvalue weighted by Crippen LogP contribution is -2.55. The van der Waals surface area contributed by atoms with Gasteiger partial charge in [0, 0.05) is 33.0 Å². The maximum Gasteiger partial charge on any atom is 0.344 e. The number of hydrogen-bond acceptors (Lipinski definition) is 13. The molecule has 2 aliphatic rings. The van der Waals surface area contributed by atoms with Gasteiger partial charge in [-0.2, -0.15) is 0 Å². The Kier molecular flexibility index (Phi) is 21.3. The number of aliphatic carboxylic acids is 1. The highest BCUT2D eigenvalue weighted by atomic mass is 16.6. The van der Waals surface area contributed by atoms with Crippen LogP contribution in [0.15, 0.2) is 60.7 Å². The number of piperidine rings is 2. The van der Waals surface area contributed by atoms with Crippen molar-refractivity contribution in [1.82, 2.24) is 20.0 Å². The molecule has 8 atom stereocenters. The summed E-state index contributed by atoms with van der Waals surface area (Å²) in [4.78, 5) is 113. The summed E-state index contributed by atoms with van der Waals surface area (Å²) >= 11 is 0. The maximum atomic E-state index is 14.4. The molecule has 17 nitrogen and oxygen atoms in total. The van der Waals surface area contributed by atoms with Gasteiger partial charge in [-0.05, 0) is 89.3 Å². The number of ether oxygens (including phenoxy) is 4. The predicted molar refractivity (Wildman–Crippen MR) is 246 cm³/mol. The van der Waals surface area contributed by atoms with Crippen LogP contribution in [-0.4, -0.2) is 143 Å². The topological polar surface area (TPSA) is 215 Å². The SMILES string of the molecule is CCCC[C@H](NC)C(=O)O[C@H](Cc1ccccc1)C(=O)N1CCCC[C@H]1C(=O)O[C@H](C)C(=O)N(C)[C@@H](CC(C)C)C(=O)O[C@H](Cc1ccccc1)C(=O)N1CCCC[C@H]1C(=O)O[C@H](C)C(=O)O. The van der Waals surface area contributed by atoms with Crippen molar-refractivity contribution in [3.05, 3.63) is 71.8 Å². The van der Waals surface area contributed by atoms with E-state index in [1.54, 1.807) is 37.4 Å². The number of carboxylic acids is 1. The molecule has 4 rings (SSSR count). The monoisotopic (exact) mass is 934 g/mol. The van der Waals surface area contributed by atoms with Crippen molar-refractivity contribution in [2.24, 2.45) is 5.92 Å². The first-order chi connectivity index (χ1) is 32.0. The molecule has 2 fully saturated rings. The number of likely N-dealkylation sites (N-methyl/N-ethyl adjacent to an activating group) is 2. The number of esters is 4. The Bertz CT molecular complexity index is 1980. The van der Waals surface area contributed by atoms with Crippen molar-refractivity contribution in [1.29, 1.82) is 0 Å². The Labute approximate surface area is 394 Å². The Morgan fingerprint density at radius 1 is 0.687 bits per heavy atom. The molecule has 0 unspecified atom stereocenters. The van der Waals surface area contributed by atoms with Crippen molar-refractivity contribution in [2.75, 3.05) is 27.2 Å². The van der Waals surface area contributed by atoms with Crippen LogP contribution in [0, 0.1) is 5.92 Å². The second-order valence-electron chi connectivity index (χ2n) is 17.9. The predicted octanol–water partition coefficient (Wildman–Crippen LogP) is 4.66. The van der Waals surface area contributed by atoms with E-state index in [0.29, 0.717) is 37.7 Å². The molecule has 2 aliphatic heterocycles. The fourth-order valence-corrected chi connectivity index (χ4v) is 8.40. The Balaban J connectivity index is 1.53. The zero-order chi connectivity index (χ0) is 49.2. The average molecular weight is 935 g/mol. The number of rotatable bonds is 23. The number of likely N-dealkylation sites (tertiary alicyclic amines) is 2. The van der Waals surface area contributed by atoms with Crippen molar-refractivity contribution in [3.8, 4) is 0 Å². The Morgan fingerprint density at radius 3 is 1.58 bits per heavy atom. The van der Waals surface area contributed by atoms with Gasteiger partial charge in [0.05, 0.1) is 0 Å². The molecule has 0 radical (unpaired) electrons. The molecule has 2 N–H and O–H groups in total. The summed E-state index contributed by atoms with van der Waals surface area (Å²) in [5.74, 6) is -6.63. The van der Waals surface area contributed by atoms with E-state index >= 15 is 0 Å². The molecule has 2 saturated heterocycles. The van der Waals surface area contributed by atoms with E-state index < -0.39 is 96.2 Å². The van der Waals surface area contributed by atoms with Gasteiger partial charge in [-0.1, -0.05) is 94.3 Å². The van der Waals surface area contributed by atoms with Crippen LogP contribution in [-0.2, 0) is 70.1 Å². The zero-order valence-electron chi connectivity index (χ0n) is 40.1. The van der Waals surface area contributed by atoms with Crippen LogP contribution >= 0.6 is 0 Å². The fraction of sp³-hybridized carbons (Fsp3) is 0.600. The van der Waals surface area contributed by atoms with E-state index in [-0.39, 0.29) is 51.1 Å². The van der Waals surface area contributed by atoms with Gasteiger partial charge in [0.2, 0.25) is 0 Å². The summed E-state index contributed by atoms with van der Waals surface area (Å²) < 4.78 is 22.9. The second kappa shape index (κ2) is 26.5. The van der Waals surface area contributed by atoms with Crippen LogP contribution in [0.2, 0.25) is 0 Å². The van der Waals surface area contributed by atoms with E-state index in [4.69, 9.17) is 18.9 Å². The molecule has 67 heavy (non-hydrogen) atoms. The van der Waals surface area contributed by atoms with E-state index in [0.717, 1.165) is 23.3 Å². The molecule has 0 spiro atoms. The lowest BCUT2D eigenvalue weighted by Gasteiger charge is -2.37. The van der Waals surface area contributed by atoms with Gasteiger partial charge >= 0.3 is 29.8 Å². The molecule has 0 aliphatic carbocycles. The summed E-state index contributed by atoms with van der Waals surface area (Å²) in [6, 6.07) is 13.9. The highest BCUT2D eigenvalue weighted by Gasteiger charge is 2.43. The van der Waals surface area contributed by atoms with Crippen molar-refractivity contribution in [2.45, 2.75) is 160 Å². The molecular weight excluding hydrogens is 865 g/mol. The van der Waals surface area contributed by atoms with Crippen LogP contribution in [0.25, 0.3) is 0 Å². The molecular formula is C50H70N4O13. The minimum Gasteiger partial charge on any atom is -0.479 e. The Hall–Kier alpha value is -5.84. The van der Waals surface area contributed by atoms with E-state index in [1.165, 1.54) is 30.7 Å². The molecule has 17 heteroatoms. The third-order valence-electron chi connectivity index (χ3n) is 12.3. The number of unbranched alkanes of at least 4 members (excludes halogenated alkanes) is 1. The number of carbonyl (C=O) groups excluding carboxylic acids is 7. The average Bonchev–Trinajstić information content (AvgIpc) is 3.32. The van der Waals surface area contributed by atoms with E-state index in [2.05, 4.69) is 5.32 Å². The molecule has 0 bridgehead atoms. The highest BCUT2D eigenvalue weighted by molar-refractivity contribution is 5.93. The van der Waals surface area contributed by atoms with Gasteiger partial charge in [-0.3, -0.25) is 19.2 Å². The summed E-state index contributed by atoms with van der Waals surface area (Å²) in [5.41, 5.74) is 1.42. The molecule has 2 aromatic rings. The largest absolute Gasteiger partial charge is 0.479 e. The second-order valence-corrected chi connectivity index (χ2v) is 17.9. The number of hydrogen-bond donors (Lipinski definition) is 2. The van der Waals surface area contributed by atoms with Crippen molar-refractivity contribution in [3.63, 3.8) is 0 Å². The molecule has 0 saturated carbocycles. The third-order valence-corrected chi connectivity index (χ3v) is 12.3. The van der Waals surface area contributed by atoms with Gasteiger partial charge in [0.25, 0.3) is 17.7 Å². The molecule has 2 heterocycles. The Morgan fingerprint density at radius 2 is 1.15 bits per heavy atom. The van der Waals surface area contributed by atoms with E-state index in [9.17, 15) is 43.5 Å². The quantitative estimate of drug-likeness (QED) is 0.115. The van der Waals surface area contributed by atoms with Crippen LogP contribution in [0.5, 0.6) is 0 Å². The molecule has 0 aromatic heterocycles. The van der Waals surface area contributed by atoms with Crippen LogP contribution in [0.4, 0.5) is 0 Å². The summed E-state index contributed by atoms with van der Waals surface area (Å²) in [6.07, 6.45) is -0.466. The highest BCUT2D eigenvalue weighted by Crippen LogP contribution is 2.26. The van der Waals surface area contributed by atoms with Gasteiger partial charge in [-0.15, -0.1) is 0 Å². The van der Waals surface area contributed by atoms with Gasteiger partial charge in [0.15, 0.2) is 24.4 Å². The van der Waals surface area contributed by atoms with Crippen molar-refractivity contribution >= 4 is 47.6 Å². The first-order valence-electron chi connectivity index (χ1n) is 23.6. The molecule has 3 amide bonds. The normalized spacial score (nSPS) is 18.9.